The van der Waals surface area contributed by atoms with Crippen molar-refractivity contribution in [2.24, 2.45) is 0 Å². The molecule has 0 spiro atoms. The van der Waals surface area contributed by atoms with Crippen molar-refractivity contribution in [2.45, 2.75) is 25.6 Å². The maximum atomic E-state index is 13.0. The SMILES string of the molecule is C[C@@H](NC(=O)O)C(=O)N1CC(C)(F)C1. The lowest BCUT2D eigenvalue weighted by Gasteiger charge is -2.43. The molecule has 1 atom stereocenters. The fourth-order valence-corrected chi connectivity index (χ4v) is 1.43. The summed E-state index contributed by atoms with van der Waals surface area (Å²) in [7, 11) is 0. The Hall–Kier alpha value is -1.33. The monoisotopic (exact) mass is 204 g/mol. The largest absolute Gasteiger partial charge is 0.465 e. The van der Waals surface area contributed by atoms with Crippen LogP contribution < -0.4 is 5.32 Å². The third-order valence-corrected chi connectivity index (χ3v) is 2.06. The minimum Gasteiger partial charge on any atom is -0.465 e. The summed E-state index contributed by atoms with van der Waals surface area (Å²) in [6.45, 7) is 2.92. The number of carbonyl (C=O) groups is 2. The number of nitrogens with zero attached hydrogens (tertiary/aromatic N) is 1. The fraction of sp³-hybridized carbons (Fsp3) is 0.750. The van der Waals surface area contributed by atoms with Crippen LogP contribution in [0.25, 0.3) is 0 Å². The van der Waals surface area contributed by atoms with E-state index in [1.54, 1.807) is 0 Å². The maximum Gasteiger partial charge on any atom is 0.405 e. The highest BCUT2D eigenvalue weighted by atomic mass is 19.1. The Morgan fingerprint density at radius 1 is 1.57 bits per heavy atom. The van der Waals surface area contributed by atoms with E-state index < -0.39 is 17.8 Å². The second-order valence-corrected chi connectivity index (χ2v) is 3.78. The highest BCUT2D eigenvalue weighted by molar-refractivity contribution is 5.85. The van der Waals surface area contributed by atoms with Gasteiger partial charge < -0.3 is 15.3 Å². The minimum atomic E-state index is -1.32. The topological polar surface area (TPSA) is 69.6 Å². The fourth-order valence-electron chi connectivity index (χ4n) is 1.43. The predicted octanol–water partition coefficient (Wildman–Crippen LogP) is 0.213. The van der Waals surface area contributed by atoms with E-state index in [4.69, 9.17) is 5.11 Å². The number of likely N-dealkylation sites (tertiary alicyclic amines) is 1. The number of carbonyl (C=O) groups excluding carboxylic acids is 1. The summed E-state index contributed by atoms with van der Waals surface area (Å²) in [5.74, 6) is -0.387. The molecule has 2 amide bonds. The highest BCUT2D eigenvalue weighted by Crippen LogP contribution is 2.24. The summed E-state index contributed by atoms with van der Waals surface area (Å²) >= 11 is 0. The van der Waals surface area contributed by atoms with Crippen LogP contribution in [-0.4, -0.2) is 46.8 Å². The minimum absolute atomic E-state index is 0.0392. The van der Waals surface area contributed by atoms with Gasteiger partial charge in [-0.25, -0.2) is 9.18 Å². The number of halogens is 1. The number of nitrogens with one attached hydrogen (secondary N) is 1. The van der Waals surface area contributed by atoms with Gasteiger partial charge in [0.1, 0.15) is 11.7 Å². The summed E-state index contributed by atoms with van der Waals surface area (Å²) in [5.41, 5.74) is -1.32. The van der Waals surface area contributed by atoms with Crippen LogP contribution in [-0.2, 0) is 4.79 Å². The van der Waals surface area contributed by atoms with Crippen molar-refractivity contribution in [3.8, 4) is 0 Å². The first kappa shape index (κ1) is 10.7. The molecule has 0 saturated carbocycles. The van der Waals surface area contributed by atoms with Crippen molar-refractivity contribution in [1.82, 2.24) is 10.2 Å². The van der Waals surface area contributed by atoms with Crippen LogP contribution >= 0.6 is 0 Å². The number of carboxylic acid groups (broad SMARTS) is 1. The first-order valence-electron chi connectivity index (χ1n) is 4.29. The molecule has 1 fully saturated rings. The molecule has 0 aromatic heterocycles. The van der Waals surface area contributed by atoms with Gasteiger partial charge in [0.25, 0.3) is 0 Å². The molecule has 0 bridgehead atoms. The second kappa shape index (κ2) is 3.43. The van der Waals surface area contributed by atoms with E-state index in [0.717, 1.165) is 0 Å². The van der Waals surface area contributed by atoms with Crippen molar-refractivity contribution in [3.05, 3.63) is 0 Å². The number of amides is 2. The zero-order valence-corrected chi connectivity index (χ0v) is 8.08. The van der Waals surface area contributed by atoms with Crippen LogP contribution in [0.15, 0.2) is 0 Å². The van der Waals surface area contributed by atoms with Crippen molar-refractivity contribution in [2.75, 3.05) is 13.1 Å². The molecule has 80 valence electrons. The molecule has 14 heavy (non-hydrogen) atoms. The smallest absolute Gasteiger partial charge is 0.405 e. The van der Waals surface area contributed by atoms with Gasteiger partial charge in [-0.15, -0.1) is 0 Å². The van der Waals surface area contributed by atoms with Crippen molar-refractivity contribution >= 4 is 12.0 Å². The molecule has 0 unspecified atom stereocenters. The maximum absolute atomic E-state index is 13.0. The van der Waals surface area contributed by atoms with Crippen molar-refractivity contribution in [3.63, 3.8) is 0 Å². The molecule has 1 saturated heterocycles. The van der Waals surface area contributed by atoms with Gasteiger partial charge in [0.15, 0.2) is 0 Å². The van der Waals surface area contributed by atoms with Gasteiger partial charge in [0.2, 0.25) is 5.91 Å². The first-order chi connectivity index (χ1) is 6.32. The summed E-state index contributed by atoms with van der Waals surface area (Å²) in [6, 6.07) is -0.816. The molecular formula is C8H13FN2O3. The highest BCUT2D eigenvalue weighted by Gasteiger charge is 2.42. The van der Waals surface area contributed by atoms with Crippen LogP contribution in [0.3, 0.4) is 0 Å². The third-order valence-electron chi connectivity index (χ3n) is 2.06. The van der Waals surface area contributed by atoms with Gasteiger partial charge in [-0.05, 0) is 13.8 Å². The summed E-state index contributed by atoms with van der Waals surface area (Å²) in [4.78, 5) is 22.9. The molecule has 0 aromatic rings. The van der Waals surface area contributed by atoms with Crippen LogP contribution in [0, 0.1) is 0 Å². The van der Waals surface area contributed by atoms with Gasteiger partial charge in [-0.2, -0.15) is 0 Å². The number of hydrogen-bond acceptors (Lipinski definition) is 2. The molecule has 1 aliphatic heterocycles. The van der Waals surface area contributed by atoms with Crippen LogP contribution in [0.4, 0.5) is 9.18 Å². The van der Waals surface area contributed by atoms with Crippen LogP contribution in [0.5, 0.6) is 0 Å². The van der Waals surface area contributed by atoms with E-state index >= 15 is 0 Å². The Bertz CT molecular complexity index is 259. The molecule has 0 radical (unpaired) electrons. The third kappa shape index (κ3) is 2.34. The van der Waals surface area contributed by atoms with Gasteiger partial charge >= 0.3 is 6.09 Å². The van der Waals surface area contributed by atoms with E-state index in [0.29, 0.717) is 0 Å². The Balaban J connectivity index is 2.40. The van der Waals surface area contributed by atoms with E-state index in [1.165, 1.54) is 18.7 Å². The molecule has 0 aliphatic carbocycles. The lowest BCUT2D eigenvalue weighted by atomic mass is 9.98. The van der Waals surface area contributed by atoms with Gasteiger partial charge in [-0.1, -0.05) is 0 Å². The van der Waals surface area contributed by atoms with Gasteiger partial charge in [0.05, 0.1) is 13.1 Å². The molecule has 5 nitrogen and oxygen atoms in total. The van der Waals surface area contributed by atoms with E-state index in [1.807, 2.05) is 5.32 Å². The normalized spacial score (nSPS) is 20.9. The number of rotatable bonds is 2. The molecule has 1 heterocycles. The zero-order valence-electron chi connectivity index (χ0n) is 8.08. The molecule has 6 heteroatoms. The lowest BCUT2D eigenvalue weighted by molar-refractivity contribution is -0.145. The molecule has 2 N–H and O–H groups in total. The van der Waals surface area contributed by atoms with Crippen molar-refractivity contribution < 1.29 is 19.1 Å². The average molecular weight is 204 g/mol. The summed E-state index contributed by atoms with van der Waals surface area (Å²) in [5, 5.41) is 10.4. The summed E-state index contributed by atoms with van der Waals surface area (Å²) < 4.78 is 13.0. The first-order valence-corrected chi connectivity index (χ1v) is 4.29. The Kier molecular flexibility index (Phi) is 2.64. The molecule has 1 rings (SSSR count). The Labute approximate surface area is 80.9 Å². The van der Waals surface area contributed by atoms with E-state index in [2.05, 4.69) is 0 Å². The quantitative estimate of drug-likeness (QED) is 0.675. The van der Waals surface area contributed by atoms with E-state index in [9.17, 15) is 14.0 Å². The lowest BCUT2D eigenvalue weighted by Crippen LogP contribution is -2.62. The number of alkyl halides is 1. The molecule has 0 aromatic carbocycles. The predicted molar refractivity (Wildman–Crippen MR) is 46.7 cm³/mol. The Morgan fingerprint density at radius 2 is 2.07 bits per heavy atom. The second-order valence-electron chi connectivity index (χ2n) is 3.78. The van der Waals surface area contributed by atoms with Gasteiger partial charge in [0, 0.05) is 0 Å². The summed E-state index contributed by atoms with van der Waals surface area (Å²) in [6.07, 6.45) is -1.26. The molecule has 1 aliphatic rings. The van der Waals surface area contributed by atoms with Gasteiger partial charge in [-0.3, -0.25) is 4.79 Å². The molecular weight excluding hydrogens is 191 g/mol. The Morgan fingerprint density at radius 3 is 2.43 bits per heavy atom. The zero-order chi connectivity index (χ0) is 10.9. The van der Waals surface area contributed by atoms with Crippen molar-refractivity contribution in [1.29, 1.82) is 0 Å². The average Bonchev–Trinajstić information content (AvgIpc) is 1.97. The van der Waals surface area contributed by atoms with E-state index in [-0.39, 0.29) is 19.0 Å². The number of hydrogen-bond donors (Lipinski definition) is 2. The standard InChI is InChI=1S/C8H13FN2O3/c1-5(10-7(13)14)6(12)11-3-8(2,9)4-11/h5,10H,3-4H2,1-2H3,(H,13,14)/t5-/m1/s1. The van der Waals surface area contributed by atoms with Crippen LogP contribution in [0.2, 0.25) is 0 Å². The van der Waals surface area contributed by atoms with Crippen LogP contribution in [0.1, 0.15) is 13.8 Å².